The molecular formula is C27H24N4O5S. The summed E-state index contributed by atoms with van der Waals surface area (Å²) in [5, 5.41) is 12.0. The SMILES string of the molecule is COc1ccc(S(=O)(=O)N2C[C@@H]3c4ccccc4CCN3[C@H]2c2cccc([N+](=O)[O-])c2)c2cccnc12. The van der Waals surface area contributed by atoms with E-state index < -0.39 is 21.1 Å². The van der Waals surface area contributed by atoms with Gasteiger partial charge in [-0.3, -0.25) is 20.0 Å². The molecule has 0 aliphatic carbocycles. The number of fused-ring (bicyclic) bond motifs is 4. The van der Waals surface area contributed by atoms with Crippen molar-refractivity contribution < 1.29 is 18.1 Å². The Morgan fingerprint density at radius 2 is 1.89 bits per heavy atom. The lowest BCUT2D eigenvalue weighted by Crippen LogP contribution is -2.37. The summed E-state index contributed by atoms with van der Waals surface area (Å²) in [5.41, 5.74) is 3.23. The topological polar surface area (TPSA) is 106 Å². The molecule has 2 aliphatic heterocycles. The van der Waals surface area contributed by atoms with Crippen LogP contribution in [0.15, 0.2) is 83.9 Å². The molecule has 4 aromatic rings. The van der Waals surface area contributed by atoms with Crippen molar-refractivity contribution in [2.45, 2.75) is 23.5 Å². The monoisotopic (exact) mass is 516 g/mol. The predicted molar refractivity (Wildman–Crippen MR) is 138 cm³/mol. The number of nitro groups is 1. The molecule has 2 atom stereocenters. The number of nitrogens with zero attached hydrogens (tertiary/aromatic N) is 4. The number of hydrogen-bond acceptors (Lipinski definition) is 7. The summed E-state index contributed by atoms with van der Waals surface area (Å²) >= 11 is 0. The van der Waals surface area contributed by atoms with Crippen LogP contribution in [0.1, 0.15) is 28.9 Å². The van der Waals surface area contributed by atoms with Crippen LogP contribution in [-0.4, -0.2) is 47.7 Å². The number of benzene rings is 3. The van der Waals surface area contributed by atoms with Gasteiger partial charge in [-0.1, -0.05) is 36.4 Å². The van der Waals surface area contributed by atoms with Crippen LogP contribution in [0.4, 0.5) is 5.69 Å². The molecule has 1 saturated heterocycles. The first-order chi connectivity index (χ1) is 17.9. The van der Waals surface area contributed by atoms with Gasteiger partial charge in [-0.2, -0.15) is 4.31 Å². The third-order valence-electron chi connectivity index (χ3n) is 7.27. The number of methoxy groups -OCH3 is 1. The molecule has 0 N–H and O–H groups in total. The zero-order chi connectivity index (χ0) is 25.7. The molecule has 10 heteroatoms. The summed E-state index contributed by atoms with van der Waals surface area (Å²) in [7, 11) is -2.54. The van der Waals surface area contributed by atoms with Gasteiger partial charge in [0.2, 0.25) is 10.0 Å². The third-order valence-corrected chi connectivity index (χ3v) is 9.15. The highest BCUT2D eigenvalue weighted by Gasteiger charge is 2.49. The highest BCUT2D eigenvalue weighted by atomic mass is 32.2. The third kappa shape index (κ3) is 3.76. The molecule has 0 amide bonds. The Bertz CT molecular complexity index is 1640. The molecule has 3 heterocycles. The summed E-state index contributed by atoms with van der Waals surface area (Å²) in [6.07, 6.45) is 1.67. The second kappa shape index (κ2) is 8.91. The summed E-state index contributed by atoms with van der Waals surface area (Å²) in [5.74, 6) is 0.484. The van der Waals surface area contributed by atoms with Gasteiger partial charge in [0.15, 0.2) is 0 Å². The van der Waals surface area contributed by atoms with Crippen LogP contribution in [0.3, 0.4) is 0 Å². The molecular weight excluding hydrogens is 492 g/mol. The van der Waals surface area contributed by atoms with E-state index in [-0.39, 0.29) is 23.2 Å². The first-order valence-corrected chi connectivity index (χ1v) is 13.4. The molecule has 2 aliphatic rings. The lowest BCUT2D eigenvalue weighted by atomic mass is 9.93. The summed E-state index contributed by atoms with van der Waals surface area (Å²) in [4.78, 5) is 17.7. The van der Waals surface area contributed by atoms with E-state index in [2.05, 4.69) is 16.0 Å². The van der Waals surface area contributed by atoms with E-state index in [1.807, 2.05) is 18.2 Å². The largest absolute Gasteiger partial charge is 0.494 e. The fourth-order valence-corrected chi connectivity index (χ4v) is 7.40. The molecule has 0 bridgehead atoms. The van der Waals surface area contributed by atoms with Gasteiger partial charge in [0, 0.05) is 36.8 Å². The zero-order valence-electron chi connectivity index (χ0n) is 20.0. The summed E-state index contributed by atoms with van der Waals surface area (Å²) < 4.78 is 35.7. The Kier molecular flexibility index (Phi) is 5.67. The van der Waals surface area contributed by atoms with Gasteiger partial charge in [0.1, 0.15) is 17.4 Å². The Morgan fingerprint density at radius 1 is 1.05 bits per heavy atom. The van der Waals surface area contributed by atoms with Crippen LogP contribution in [-0.2, 0) is 16.4 Å². The van der Waals surface area contributed by atoms with Crippen molar-refractivity contribution in [3.63, 3.8) is 0 Å². The van der Waals surface area contributed by atoms with Gasteiger partial charge in [-0.05, 0) is 47.4 Å². The first kappa shape index (κ1) is 23.5. The smallest absolute Gasteiger partial charge is 0.269 e. The second-order valence-electron chi connectivity index (χ2n) is 9.17. The highest BCUT2D eigenvalue weighted by Crippen LogP contribution is 2.47. The van der Waals surface area contributed by atoms with Crippen molar-refractivity contribution in [3.05, 3.63) is 106 Å². The van der Waals surface area contributed by atoms with Gasteiger partial charge < -0.3 is 4.74 Å². The number of aromatic nitrogens is 1. The van der Waals surface area contributed by atoms with Crippen LogP contribution >= 0.6 is 0 Å². The van der Waals surface area contributed by atoms with E-state index in [1.54, 1.807) is 42.6 Å². The maximum absolute atomic E-state index is 14.4. The van der Waals surface area contributed by atoms with Crippen molar-refractivity contribution in [2.75, 3.05) is 20.2 Å². The van der Waals surface area contributed by atoms with Crippen molar-refractivity contribution >= 4 is 26.6 Å². The van der Waals surface area contributed by atoms with Crippen molar-refractivity contribution in [2.24, 2.45) is 0 Å². The van der Waals surface area contributed by atoms with E-state index in [1.165, 1.54) is 29.1 Å². The summed E-state index contributed by atoms with van der Waals surface area (Å²) in [6, 6.07) is 20.7. The second-order valence-corrected chi connectivity index (χ2v) is 11.0. The molecule has 9 nitrogen and oxygen atoms in total. The fourth-order valence-electron chi connectivity index (χ4n) is 5.63. The molecule has 0 saturated carbocycles. The minimum Gasteiger partial charge on any atom is -0.494 e. The molecule has 6 rings (SSSR count). The van der Waals surface area contributed by atoms with Crippen molar-refractivity contribution in [3.8, 4) is 5.75 Å². The van der Waals surface area contributed by atoms with E-state index in [4.69, 9.17) is 4.74 Å². The van der Waals surface area contributed by atoms with Gasteiger partial charge in [-0.15, -0.1) is 0 Å². The van der Waals surface area contributed by atoms with Crippen LogP contribution < -0.4 is 4.74 Å². The molecule has 1 fully saturated rings. The van der Waals surface area contributed by atoms with Crippen LogP contribution in [0, 0.1) is 10.1 Å². The Morgan fingerprint density at radius 3 is 2.70 bits per heavy atom. The Balaban J connectivity index is 1.54. The summed E-state index contributed by atoms with van der Waals surface area (Å²) in [6.45, 7) is 0.854. The molecule has 0 spiro atoms. The molecule has 0 unspecified atom stereocenters. The fraction of sp³-hybridized carbons (Fsp3) is 0.222. The number of pyridine rings is 1. The van der Waals surface area contributed by atoms with Gasteiger partial charge in [-0.25, -0.2) is 8.42 Å². The quantitative estimate of drug-likeness (QED) is 0.285. The normalized spacial score (nSPS) is 19.9. The lowest BCUT2D eigenvalue weighted by Gasteiger charge is -2.35. The van der Waals surface area contributed by atoms with E-state index in [0.29, 0.717) is 28.8 Å². The van der Waals surface area contributed by atoms with Crippen LogP contribution in [0.25, 0.3) is 10.9 Å². The molecule has 3 aromatic carbocycles. The molecule has 37 heavy (non-hydrogen) atoms. The highest BCUT2D eigenvalue weighted by molar-refractivity contribution is 7.89. The number of sulfonamides is 1. The van der Waals surface area contributed by atoms with E-state index in [0.717, 1.165) is 12.0 Å². The lowest BCUT2D eigenvalue weighted by molar-refractivity contribution is -0.385. The minimum atomic E-state index is -4.06. The maximum Gasteiger partial charge on any atom is 0.269 e. The molecule has 1 aromatic heterocycles. The standard InChI is InChI=1S/C27H24N4O5S/c1-36-24-11-12-25(22-10-5-14-28-26(22)24)37(34,35)30-17-23-21-9-3-2-6-18(21)13-15-29(23)27(30)19-7-4-8-20(16-19)31(32)33/h2-12,14,16,23,27H,13,15,17H2,1H3/t23-,27-/m1/s1. The Hall–Kier alpha value is -3.86. The van der Waals surface area contributed by atoms with Crippen molar-refractivity contribution in [1.29, 1.82) is 0 Å². The van der Waals surface area contributed by atoms with Gasteiger partial charge in [0.05, 0.1) is 23.0 Å². The average Bonchev–Trinajstić information content (AvgIpc) is 3.33. The van der Waals surface area contributed by atoms with Crippen LogP contribution in [0.2, 0.25) is 0 Å². The zero-order valence-corrected chi connectivity index (χ0v) is 20.8. The average molecular weight is 517 g/mol. The minimum absolute atomic E-state index is 0.0743. The molecule has 0 radical (unpaired) electrons. The predicted octanol–water partition coefficient (Wildman–Crippen LogP) is 4.45. The van der Waals surface area contributed by atoms with Gasteiger partial charge >= 0.3 is 0 Å². The maximum atomic E-state index is 14.4. The number of nitro benzene ring substituents is 1. The van der Waals surface area contributed by atoms with Crippen LogP contribution in [0.5, 0.6) is 5.75 Å². The number of rotatable bonds is 5. The molecule has 188 valence electrons. The van der Waals surface area contributed by atoms with Crippen molar-refractivity contribution in [1.82, 2.24) is 14.2 Å². The Labute approximate surface area is 214 Å². The van der Waals surface area contributed by atoms with Gasteiger partial charge in [0.25, 0.3) is 5.69 Å². The van der Waals surface area contributed by atoms with E-state index >= 15 is 0 Å². The van der Waals surface area contributed by atoms with E-state index in [9.17, 15) is 18.5 Å². The number of non-ortho nitro benzene ring substituents is 1. The number of ether oxygens (including phenoxy) is 1. The number of hydrogen-bond donors (Lipinski definition) is 0. The first-order valence-electron chi connectivity index (χ1n) is 11.9.